The maximum absolute atomic E-state index is 12.3. The van der Waals surface area contributed by atoms with Crippen molar-refractivity contribution >= 4 is 34.0 Å². The summed E-state index contributed by atoms with van der Waals surface area (Å²) in [5.41, 5.74) is 1.72. The molecule has 1 N–H and O–H groups in total. The third kappa shape index (κ3) is 2.68. The number of hydrogen-bond acceptors (Lipinski definition) is 5. The highest BCUT2D eigenvalue weighted by Gasteiger charge is 2.27. The molecule has 0 atom stereocenters. The van der Waals surface area contributed by atoms with Crippen molar-refractivity contribution in [3.8, 4) is 5.75 Å². The Morgan fingerprint density at radius 2 is 2.22 bits per heavy atom. The molecule has 1 aliphatic carbocycles. The molecule has 4 rings (SSSR count). The van der Waals surface area contributed by atoms with Crippen LogP contribution < -0.4 is 15.0 Å². The molecule has 118 valence electrons. The molecule has 7 heteroatoms. The molecule has 2 aliphatic rings. The van der Waals surface area contributed by atoms with Crippen LogP contribution in [0.1, 0.15) is 17.0 Å². The number of carbonyl (C=O) groups excluding carboxylic acids is 2. The highest BCUT2D eigenvalue weighted by atomic mass is 32.1. The Kier molecular flexibility index (Phi) is 3.49. The van der Waals surface area contributed by atoms with Gasteiger partial charge in [0, 0.05) is 4.88 Å². The lowest BCUT2D eigenvalue weighted by atomic mass is 10.2. The van der Waals surface area contributed by atoms with Crippen molar-refractivity contribution in [3.05, 3.63) is 34.8 Å². The van der Waals surface area contributed by atoms with Crippen LogP contribution in [-0.4, -0.2) is 29.9 Å². The quantitative estimate of drug-likeness (QED) is 0.935. The maximum Gasteiger partial charge on any atom is 0.265 e. The second-order valence-corrected chi connectivity index (χ2v) is 6.61. The van der Waals surface area contributed by atoms with Gasteiger partial charge in [-0.25, -0.2) is 4.98 Å². The van der Waals surface area contributed by atoms with Gasteiger partial charge in [0.1, 0.15) is 12.3 Å². The lowest BCUT2D eigenvalue weighted by Crippen LogP contribution is -2.43. The number of aryl methyl sites for hydroxylation is 2. The molecule has 23 heavy (non-hydrogen) atoms. The average molecular weight is 329 g/mol. The van der Waals surface area contributed by atoms with Gasteiger partial charge < -0.3 is 10.1 Å². The summed E-state index contributed by atoms with van der Waals surface area (Å²) in [6.45, 7) is -0.0840. The van der Waals surface area contributed by atoms with E-state index in [0.29, 0.717) is 16.6 Å². The van der Waals surface area contributed by atoms with Gasteiger partial charge in [-0.1, -0.05) is 12.1 Å². The van der Waals surface area contributed by atoms with Crippen LogP contribution >= 0.6 is 11.3 Å². The van der Waals surface area contributed by atoms with Crippen LogP contribution in [-0.2, 0) is 22.4 Å². The first-order valence-corrected chi connectivity index (χ1v) is 8.33. The number of ether oxygens (including phenoxy) is 1. The second kappa shape index (κ2) is 5.66. The van der Waals surface area contributed by atoms with Crippen molar-refractivity contribution in [3.63, 3.8) is 0 Å². The molecule has 0 spiro atoms. The smallest absolute Gasteiger partial charge is 0.265 e. The standard InChI is InChI=1S/C16H15N3O3S/c20-14(18-16-17-10-4-3-7-13(10)23-16)8-19-11-5-1-2-6-12(11)22-9-15(19)21/h1-2,5-6H,3-4,7-9H2,(H,17,18,20). The fourth-order valence-corrected chi connectivity index (χ4v) is 3.94. The number of nitrogens with one attached hydrogen (secondary N) is 1. The summed E-state index contributed by atoms with van der Waals surface area (Å²) in [5.74, 6) is 0.149. The zero-order valence-corrected chi connectivity index (χ0v) is 13.2. The van der Waals surface area contributed by atoms with E-state index in [2.05, 4.69) is 10.3 Å². The molecule has 0 saturated carbocycles. The van der Waals surface area contributed by atoms with E-state index < -0.39 is 0 Å². The molecule has 0 radical (unpaired) electrons. The molecule has 1 aromatic carbocycles. The summed E-state index contributed by atoms with van der Waals surface area (Å²) in [5, 5.41) is 3.42. The van der Waals surface area contributed by atoms with E-state index in [1.807, 2.05) is 12.1 Å². The Hall–Kier alpha value is -2.41. The molecule has 0 bridgehead atoms. The van der Waals surface area contributed by atoms with Gasteiger partial charge in [0.15, 0.2) is 11.7 Å². The Morgan fingerprint density at radius 3 is 3.09 bits per heavy atom. The predicted octanol–water partition coefficient (Wildman–Crippen LogP) is 2.00. The number of carbonyl (C=O) groups is 2. The number of amides is 2. The van der Waals surface area contributed by atoms with E-state index in [1.54, 1.807) is 12.1 Å². The van der Waals surface area contributed by atoms with E-state index >= 15 is 0 Å². The molecular formula is C16H15N3O3S. The molecule has 6 nitrogen and oxygen atoms in total. The monoisotopic (exact) mass is 329 g/mol. The van der Waals surface area contributed by atoms with Crippen LogP contribution in [0.5, 0.6) is 5.75 Å². The van der Waals surface area contributed by atoms with E-state index in [1.165, 1.54) is 21.1 Å². The minimum absolute atomic E-state index is 0.0382. The average Bonchev–Trinajstić information content (AvgIpc) is 3.11. The number of nitrogens with zero attached hydrogens (tertiary/aromatic N) is 2. The number of aromatic nitrogens is 1. The molecule has 2 heterocycles. The third-order valence-corrected chi connectivity index (χ3v) is 5.02. The zero-order chi connectivity index (χ0) is 15.8. The summed E-state index contributed by atoms with van der Waals surface area (Å²) in [7, 11) is 0. The van der Waals surface area contributed by atoms with Gasteiger partial charge in [0.2, 0.25) is 5.91 Å². The number of benzene rings is 1. The maximum atomic E-state index is 12.3. The highest BCUT2D eigenvalue weighted by Crippen LogP contribution is 2.32. The number of rotatable bonds is 3. The Morgan fingerprint density at radius 1 is 1.35 bits per heavy atom. The van der Waals surface area contributed by atoms with Crippen LogP contribution in [0.4, 0.5) is 10.8 Å². The predicted molar refractivity (Wildman–Crippen MR) is 87.1 cm³/mol. The van der Waals surface area contributed by atoms with Gasteiger partial charge in [0.05, 0.1) is 11.4 Å². The van der Waals surface area contributed by atoms with Crippen molar-refractivity contribution in [2.24, 2.45) is 0 Å². The molecule has 0 fully saturated rings. The molecule has 0 unspecified atom stereocenters. The second-order valence-electron chi connectivity index (χ2n) is 5.53. The SMILES string of the molecule is O=C(CN1C(=O)COc2ccccc21)Nc1nc2c(s1)CCC2. The van der Waals surface area contributed by atoms with Gasteiger partial charge >= 0.3 is 0 Å². The van der Waals surface area contributed by atoms with Crippen molar-refractivity contribution in [1.82, 2.24) is 4.98 Å². The fraction of sp³-hybridized carbons (Fsp3) is 0.312. The summed E-state index contributed by atoms with van der Waals surface area (Å²) in [6.07, 6.45) is 3.16. The normalized spacial score (nSPS) is 15.8. The molecular weight excluding hydrogens is 314 g/mol. The Bertz CT molecular complexity index is 765. The number of hydrogen-bond donors (Lipinski definition) is 1. The van der Waals surface area contributed by atoms with Crippen LogP contribution in [0.15, 0.2) is 24.3 Å². The number of anilines is 2. The van der Waals surface area contributed by atoms with Gasteiger partial charge in [-0.05, 0) is 31.4 Å². The van der Waals surface area contributed by atoms with Gasteiger partial charge in [-0.2, -0.15) is 0 Å². The van der Waals surface area contributed by atoms with Crippen molar-refractivity contribution < 1.29 is 14.3 Å². The first-order valence-electron chi connectivity index (χ1n) is 7.51. The lowest BCUT2D eigenvalue weighted by Gasteiger charge is -2.28. The molecule has 2 aromatic rings. The van der Waals surface area contributed by atoms with Crippen molar-refractivity contribution in [1.29, 1.82) is 0 Å². The van der Waals surface area contributed by atoms with E-state index in [0.717, 1.165) is 25.0 Å². The first-order chi connectivity index (χ1) is 11.2. The largest absolute Gasteiger partial charge is 0.482 e. The van der Waals surface area contributed by atoms with Gasteiger partial charge in [-0.3, -0.25) is 14.5 Å². The van der Waals surface area contributed by atoms with E-state index in [4.69, 9.17) is 4.74 Å². The topological polar surface area (TPSA) is 71.5 Å². The zero-order valence-electron chi connectivity index (χ0n) is 12.4. The molecule has 1 aromatic heterocycles. The highest BCUT2D eigenvalue weighted by molar-refractivity contribution is 7.15. The van der Waals surface area contributed by atoms with E-state index in [-0.39, 0.29) is 25.0 Å². The first kappa shape index (κ1) is 14.2. The minimum atomic E-state index is -0.248. The minimum Gasteiger partial charge on any atom is -0.482 e. The summed E-state index contributed by atoms with van der Waals surface area (Å²) in [6, 6.07) is 7.22. The van der Waals surface area contributed by atoms with Crippen LogP contribution in [0, 0.1) is 0 Å². The number of fused-ring (bicyclic) bond motifs is 2. The van der Waals surface area contributed by atoms with E-state index in [9.17, 15) is 9.59 Å². The summed E-state index contributed by atoms with van der Waals surface area (Å²) < 4.78 is 5.37. The summed E-state index contributed by atoms with van der Waals surface area (Å²) >= 11 is 1.53. The van der Waals surface area contributed by atoms with Gasteiger partial charge in [-0.15, -0.1) is 11.3 Å². The van der Waals surface area contributed by atoms with Crippen molar-refractivity contribution in [2.45, 2.75) is 19.3 Å². The van der Waals surface area contributed by atoms with Gasteiger partial charge in [0.25, 0.3) is 5.91 Å². The molecule has 0 saturated heterocycles. The van der Waals surface area contributed by atoms with Crippen LogP contribution in [0.25, 0.3) is 0 Å². The number of para-hydroxylation sites is 2. The van der Waals surface area contributed by atoms with Crippen molar-refractivity contribution in [2.75, 3.05) is 23.4 Å². The Balaban J connectivity index is 1.48. The Labute approximate surface area is 137 Å². The van der Waals surface area contributed by atoms with Crippen LogP contribution in [0.3, 0.4) is 0 Å². The third-order valence-electron chi connectivity index (χ3n) is 3.95. The van der Waals surface area contributed by atoms with Crippen LogP contribution in [0.2, 0.25) is 0 Å². The molecule has 2 amide bonds. The summed E-state index contributed by atoms with van der Waals surface area (Å²) in [4.78, 5) is 31.5. The number of thiazole rings is 1. The lowest BCUT2D eigenvalue weighted by molar-refractivity contribution is -0.123. The fourth-order valence-electron chi connectivity index (χ4n) is 2.87. The molecule has 1 aliphatic heterocycles.